The molecule has 0 atom stereocenters. The van der Waals surface area contributed by atoms with Gasteiger partial charge in [0, 0.05) is 25.8 Å². The molecule has 0 saturated heterocycles. The number of rotatable bonds is 6. The summed E-state index contributed by atoms with van der Waals surface area (Å²) in [4.78, 5) is 10.5. The van der Waals surface area contributed by atoms with Gasteiger partial charge in [-0.25, -0.2) is 0 Å². The van der Waals surface area contributed by atoms with Crippen molar-refractivity contribution in [1.82, 2.24) is 0 Å². The molecule has 0 bridgehead atoms. The van der Waals surface area contributed by atoms with Gasteiger partial charge in [-0.1, -0.05) is 12.1 Å². The molecule has 82 valence electrons. The molecule has 0 aliphatic carbocycles. The Morgan fingerprint density at radius 1 is 1.53 bits per heavy atom. The number of carbonyl (C=O) groups is 1. The van der Waals surface area contributed by atoms with Crippen LogP contribution < -0.4 is 11.1 Å². The normalized spacial score (nSPS) is 9.93. The van der Waals surface area contributed by atoms with Crippen molar-refractivity contribution in [1.29, 1.82) is 0 Å². The van der Waals surface area contributed by atoms with E-state index in [-0.39, 0.29) is 5.91 Å². The van der Waals surface area contributed by atoms with Crippen molar-refractivity contribution in [3.05, 3.63) is 29.8 Å². The first kappa shape index (κ1) is 11.5. The molecule has 1 rings (SSSR count). The van der Waals surface area contributed by atoms with Crippen molar-refractivity contribution in [2.24, 2.45) is 5.73 Å². The number of ether oxygens (including phenoxy) is 1. The highest BCUT2D eigenvalue weighted by Gasteiger charge is 1.96. The molecule has 1 aromatic rings. The molecule has 4 nitrogen and oxygen atoms in total. The first-order chi connectivity index (χ1) is 7.22. The van der Waals surface area contributed by atoms with Crippen molar-refractivity contribution in [2.45, 2.75) is 13.0 Å². The second kappa shape index (κ2) is 6.03. The summed E-state index contributed by atoms with van der Waals surface area (Å²) < 4.78 is 5.02. The Kier molecular flexibility index (Phi) is 4.63. The maximum absolute atomic E-state index is 10.5. The summed E-state index contributed by atoms with van der Waals surface area (Å²) in [6, 6.07) is 7.87. The zero-order valence-electron chi connectivity index (χ0n) is 8.82. The van der Waals surface area contributed by atoms with E-state index in [1.807, 2.05) is 24.3 Å². The van der Waals surface area contributed by atoms with E-state index < -0.39 is 0 Å². The Balaban J connectivity index is 2.46. The van der Waals surface area contributed by atoms with Crippen LogP contribution in [0.4, 0.5) is 5.69 Å². The van der Waals surface area contributed by atoms with Crippen molar-refractivity contribution >= 4 is 11.6 Å². The van der Waals surface area contributed by atoms with E-state index in [1.165, 1.54) is 0 Å². The molecule has 3 N–H and O–H groups in total. The number of hydrogen-bond acceptors (Lipinski definition) is 3. The van der Waals surface area contributed by atoms with Crippen LogP contribution in [0.1, 0.15) is 12.0 Å². The second-order valence-electron chi connectivity index (χ2n) is 3.28. The van der Waals surface area contributed by atoms with Gasteiger partial charge < -0.3 is 15.8 Å². The minimum atomic E-state index is -0.296. The Morgan fingerprint density at radius 2 is 2.33 bits per heavy atom. The molecule has 0 fully saturated rings. The van der Waals surface area contributed by atoms with Crippen molar-refractivity contribution in [3.63, 3.8) is 0 Å². The summed E-state index contributed by atoms with van der Waals surface area (Å²) in [7, 11) is 1.66. The topological polar surface area (TPSA) is 64.3 Å². The van der Waals surface area contributed by atoms with E-state index >= 15 is 0 Å². The molecule has 0 unspecified atom stereocenters. The summed E-state index contributed by atoms with van der Waals surface area (Å²) >= 11 is 0. The zero-order chi connectivity index (χ0) is 11.1. The van der Waals surface area contributed by atoms with Crippen molar-refractivity contribution < 1.29 is 9.53 Å². The number of methoxy groups -OCH3 is 1. The van der Waals surface area contributed by atoms with E-state index in [4.69, 9.17) is 10.5 Å². The number of primary amides is 1. The summed E-state index contributed by atoms with van der Waals surface area (Å²) in [6.45, 7) is 1.15. The third-order valence-electron chi connectivity index (χ3n) is 1.94. The van der Waals surface area contributed by atoms with Gasteiger partial charge in [0.15, 0.2) is 0 Å². The van der Waals surface area contributed by atoms with E-state index in [0.717, 1.165) is 11.3 Å². The number of amides is 1. The number of anilines is 1. The molecule has 0 aliphatic heterocycles. The van der Waals surface area contributed by atoms with E-state index in [0.29, 0.717) is 19.6 Å². The minimum absolute atomic E-state index is 0.296. The van der Waals surface area contributed by atoms with Crippen LogP contribution in [0.15, 0.2) is 24.3 Å². The minimum Gasteiger partial charge on any atom is -0.385 e. The lowest BCUT2D eigenvalue weighted by molar-refractivity contribution is -0.117. The molecular formula is C11H16N2O2. The fourth-order valence-corrected chi connectivity index (χ4v) is 1.27. The first-order valence-electron chi connectivity index (χ1n) is 4.82. The number of benzene rings is 1. The molecule has 1 amide bonds. The number of carbonyl (C=O) groups excluding carboxylic acids is 1. The van der Waals surface area contributed by atoms with Crippen molar-refractivity contribution in [3.8, 4) is 0 Å². The molecule has 0 radical (unpaired) electrons. The lowest BCUT2D eigenvalue weighted by Gasteiger charge is -2.06. The Hall–Kier alpha value is -1.55. The highest BCUT2D eigenvalue weighted by molar-refractivity contribution is 5.74. The van der Waals surface area contributed by atoms with Gasteiger partial charge in [-0.15, -0.1) is 0 Å². The molecular weight excluding hydrogens is 192 g/mol. The van der Waals surface area contributed by atoms with Gasteiger partial charge in [0.2, 0.25) is 5.91 Å². The van der Waals surface area contributed by atoms with Crippen LogP contribution in [0, 0.1) is 0 Å². The van der Waals surface area contributed by atoms with Crippen LogP contribution >= 0.6 is 0 Å². The third kappa shape index (κ3) is 4.46. The SMILES string of the molecule is COCc1cccc(NCCC(N)=O)c1. The van der Waals surface area contributed by atoms with Gasteiger partial charge >= 0.3 is 0 Å². The lowest BCUT2D eigenvalue weighted by Crippen LogP contribution is -2.15. The Morgan fingerprint density at radius 3 is 3.00 bits per heavy atom. The largest absolute Gasteiger partial charge is 0.385 e. The predicted molar refractivity (Wildman–Crippen MR) is 59.5 cm³/mol. The fraction of sp³-hybridized carbons (Fsp3) is 0.364. The maximum Gasteiger partial charge on any atom is 0.219 e. The van der Waals surface area contributed by atoms with Gasteiger partial charge in [-0.2, -0.15) is 0 Å². The van der Waals surface area contributed by atoms with Crippen LogP contribution in [-0.4, -0.2) is 19.6 Å². The molecule has 0 saturated carbocycles. The average molecular weight is 208 g/mol. The molecule has 15 heavy (non-hydrogen) atoms. The quantitative estimate of drug-likeness (QED) is 0.736. The Labute approximate surface area is 89.4 Å². The monoisotopic (exact) mass is 208 g/mol. The first-order valence-corrected chi connectivity index (χ1v) is 4.82. The van der Waals surface area contributed by atoms with Crippen LogP contribution in [0.3, 0.4) is 0 Å². The zero-order valence-corrected chi connectivity index (χ0v) is 8.82. The van der Waals surface area contributed by atoms with Crippen LogP contribution in [0.2, 0.25) is 0 Å². The molecule has 1 aromatic carbocycles. The van der Waals surface area contributed by atoms with Gasteiger partial charge in [-0.05, 0) is 17.7 Å². The van der Waals surface area contributed by atoms with Crippen LogP contribution in [0.25, 0.3) is 0 Å². The van der Waals surface area contributed by atoms with Gasteiger partial charge in [0.05, 0.1) is 6.61 Å². The van der Waals surface area contributed by atoms with E-state index in [9.17, 15) is 4.79 Å². The van der Waals surface area contributed by atoms with E-state index in [2.05, 4.69) is 5.32 Å². The number of nitrogens with two attached hydrogens (primary N) is 1. The van der Waals surface area contributed by atoms with Crippen LogP contribution in [0.5, 0.6) is 0 Å². The Bertz CT molecular complexity index is 326. The summed E-state index contributed by atoms with van der Waals surface area (Å²) in [6.07, 6.45) is 0.342. The lowest BCUT2D eigenvalue weighted by atomic mass is 10.2. The summed E-state index contributed by atoms with van der Waals surface area (Å²) in [5, 5.41) is 3.12. The molecule has 0 heterocycles. The molecule has 4 heteroatoms. The second-order valence-corrected chi connectivity index (χ2v) is 3.28. The summed E-state index contributed by atoms with van der Waals surface area (Å²) in [5.41, 5.74) is 7.11. The highest BCUT2D eigenvalue weighted by Crippen LogP contribution is 2.11. The predicted octanol–water partition coefficient (Wildman–Crippen LogP) is 1.12. The maximum atomic E-state index is 10.5. The van der Waals surface area contributed by atoms with E-state index in [1.54, 1.807) is 7.11 Å². The third-order valence-corrected chi connectivity index (χ3v) is 1.94. The fourth-order valence-electron chi connectivity index (χ4n) is 1.27. The molecule has 0 aliphatic rings. The number of hydrogen-bond donors (Lipinski definition) is 2. The smallest absolute Gasteiger partial charge is 0.219 e. The number of nitrogens with one attached hydrogen (secondary N) is 1. The summed E-state index contributed by atoms with van der Waals surface area (Å²) in [5.74, 6) is -0.296. The molecule has 0 spiro atoms. The molecule has 0 aromatic heterocycles. The van der Waals surface area contributed by atoms with Gasteiger partial charge in [-0.3, -0.25) is 4.79 Å². The highest BCUT2D eigenvalue weighted by atomic mass is 16.5. The van der Waals surface area contributed by atoms with Crippen molar-refractivity contribution in [2.75, 3.05) is 19.0 Å². The average Bonchev–Trinajstić information content (AvgIpc) is 2.18. The standard InChI is InChI=1S/C11H16N2O2/c1-15-8-9-3-2-4-10(7-9)13-6-5-11(12)14/h2-4,7,13H,5-6,8H2,1H3,(H2,12,14). The van der Waals surface area contributed by atoms with Crippen LogP contribution in [-0.2, 0) is 16.1 Å². The van der Waals surface area contributed by atoms with Gasteiger partial charge in [0.25, 0.3) is 0 Å². The van der Waals surface area contributed by atoms with Gasteiger partial charge in [0.1, 0.15) is 0 Å².